The summed E-state index contributed by atoms with van der Waals surface area (Å²) in [5.41, 5.74) is 2.91. The van der Waals surface area contributed by atoms with Gasteiger partial charge in [0.05, 0.1) is 24.0 Å². The first-order valence-corrected chi connectivity index (χ1v) is 7.90. The topological polar surface area (TPSA) is 58.1 Å². The number of amides is 1. The largest absolute Gasteiger partial charge is 0.328 e. The summed E-state index contributed by atoms with van der Waals surface area (Å²) < 4.78 is 7.99. The van der Waals surface area contributed by atoms with Crippen LogP contribution in [0.2, 0.25) is 0 Å². The summed E-state index contributed by atoms with van der Waals surface area (Å²) in [6.45, 7) is 4.42. The number of halogens is 1. The summed E-state index contributed by atoms with van der Waals surface area (Å²) in [7, 11) is 0. The van der Waals surface area contributed by atoms with E-state index in [9.17, 15) is 4.79 Å². The first-order valence-electron chi connectivity index (χ1n) is 7.17. The Labute approximate surface area is 140 Å². The van der Waals surface area contributed by atoms with Crippen molar-refractivity contribution in [3.8, 4) is 0 Å². The number of carbonyl (C=O) groups is 1. The van der Waals surface area contributed by atoms with E-state index in [-0.39, 0.29) is 24.4 Å². The van der Waals surface area contributed by atoms with E-state index in [2.05, 4.69) is 45.3 Å². The minimum Gasteiger partial charge on any atom is -0.328 e. The van der Waals surface area contributed by atoms with Crippen LogP contribution < -0.4 is 5.32 Å². The normalized spacial score (nSPS) is 17.9. The molecule has 3 rings (SSSR count). The van der Waals surface area contributed by atoms with Gasteiger partial charge in [-0.05, 0) is 17.5 Å². The van der Waals surface area contributed by atoms with Crippen LogP contribution in [0.4, 0.5) is 0 Å². The summed E-state index contributed by atoms with van der Waals surface area (Å²) >= 11 is 1.07. The maximum Gasteiger partial charge on any atom is 0.275 e. The fraction of sp³-hybridized carbons (Fsp3) is 0.400. The predicted octanol–water partition coefficient (Wildman–Crippen LogP) is 2.31. The maximum absolute atomic E-state index is 12.6. The zero-order valence-corrected chi connectivity index (χ0v) is 14.0. The number of hydrogen-bond donors (Lipinski definition) is 1. The molecule has 22 heavy (non-hydrogen) atoms. The number of rotatable bonds is 3. The van der Waals surface area contributed by atoms with Gasteiger partial charge in [-0.15, -0.1) is 12.4 Å². The molecule has 1 aromatic heterocycles. The number of piperazine rings is 1. The molecule has 1 aliphatic heterocycles. The van der Waals surface area contributed by atoms with Crippen molar-refractivity contribution < 1.29 is 4.79 Å². The van der Waals surface area contributed by atoms with Crippen molar-refractivity contribution >= 4 is 30.0 Å². The van der Waals surface area contributed by atoms with Crippen LogP contribution in [0.1, 0.15) is 34.6 Å². The predicted molar refractivity (Wildman–Crippen MR) is 89.6 cm³/mol. The molecule has 0 aliphatic carbocycles. The van der Waals surface area contributed by atoms with Gasteiger partial charge in [-0.1, -0.05) is 31.2 Å². The van der Waals surface area contributed by atoms with E-state index in [1.807, 2.05) is 4.90 Å². The van der Waals surface area contributed by atoms with Crippen LogP contribution in [0.3, 0.4) is 0 Å². The molecule has 1 unspecified atom stereocenters. The monoisotopic (exact) mass is 338 g/mol. The molecule has 1 amide bonds. The second-order valence-corrected chi connectivity index (χ2v) is 5.66. The van der Waals surface area contributed by atoms with Gasteiger partial charge in [-0.3, -0.25) is 4.79 Å². The van der Waals surface area contributed by atoms with Crippen molar-refractivity contribution in [2.75, 3.05) is 19.6 Å². The van der Waals surface area contributed by atoms with Crippen molar-refractivity contribution in [2.24, 2.45) is 0 Å². The lowest BCUT2D eigenvalue weighted by atomic mass is 10.0. The first-order chi connectivity index (χ1) is 10.3. The Morgan fingerprint density at radius 1 is 1.41 bits per heavy atom. The highest BCUT2D eigenvalue weighted by molar-refractivity contribution is 6.99. The lowest BCUT2D eigenvalue weighted by molar-refractivity contribution is 0.0629. The van der Waals surface area contributed by atoms with Crippen LogP contribution in [0, 0.1) is 0 Å². The SMILES string of the molecule is CCc1ccc(C2CNCCN2C(=O)c2cnsn2)cc1.Cl. The summed E-state index contributed by atoms with van der Waals surface area (Å²) in [5, 5.41) is 3.36. The molecule has 0 saturated carbocycles. The molecule has 2 aromatic rings. The molecule has 1 saturated heterocycles. The van der Waals surface area contributed by atoms with E-state index < -0.39 is 0 Å². The molecule has 7 heteroatoms. The van der Waals surface area contributed by atoms with Gasteiger partial charge in [0.25, 0.3) is 5.91 Å². The molecule has 0 spiro atoms. The summed E-state index contributed by atoms with van der Waals surface area (Å²) in [6.07, 6.45) is 2.57. The Balaban J connectivity index is 0.00000176. The standard InChI is InChI=1S/C15H18N4OS.ClH/c1-2-11-3-5-12(6-4-11)14-10-16-7-8-19(14)15(20)13-9-17-21-18-13;/h3-6,9,14,16H,2,7-8,10H2,1H3;1H. The van der Waals surface area contributed by atoms with Gasteiger partial charge in [-0.25, -0.2) is 0 Å². The van der Waals surface area contributed by atoms with Crippen LogP contribution in [-0.4, -0.2) is 39.2 Å². The molecule has 0 bridgehead atoms. The number of carbonyl (C=O) groups excluding carboxylic acids is 1. The fourth-order valence-corrected chi connectivity index (χ4v) is 3.03. The van der Waals surface area contributed by atoms with Crippen molar-refractivity contribution in [3.05, 3.63) is 47.3 Å². The quantitative estimate of drug-likeness (QED) is 0.933. The summed E-state index contributed by atoms with van der Waals surface area (Å²) in [4.78, 5) is 14.5. The van der Waals surface area contributed by atoms with Gasteiger partial charge in [0, 0.05) is 19.6 Å². The van der Waals surface area contributed by atoms with E-state index in [0.717, 1.165) is 36.8 Å². The fourth-order valence-electron chi connectivity index (χ4n) is 2.63. The van der Waals surface area contributed by atoms with Gasteiger partial charge in [0.1, 0.15) is 0 Å². The first kappa shape index (κ1) is 16.9. The highest BCUT2D eigenvalue weighted by Gasteiger charge is 2.29. The van der Waals surface area contributed by atoms with Crippen LogP contribution in [0.5, 0.6) is 0 Å². The van der Waals surface area contributed by atoms with E-state index in [0.29, 0.717) is 12.2 Å². The lowest BCUT2D eigenvalue weighted by Crippen LogP contribution is -2.48. The minimum atomic E-state index is -0.0326. The zero-order valence-electron chi connectivity index (χ0n) is 12.4. The number of nitrogens with one attached hydrogen (secondary N) is 1. The van der Waals surface area contributed by atoms with E-state index in [1.54, 1.807) is 6.20 Å². The zero-order chi connectivity index (χ0) is 14.7. The molecule has 1 aromatic carbocycles. The summed E-state index contributed by atoms with van der Waals surface area (Å²) in [6, 6.07) is 8.57. The van der Waals surface area contributed by atoms with Crippen molar-refractivity contribution in [1.82, 2.24) is 19.0 Å². The summed E-state index contributed by atoms with van der Waals surface area (Å²) in [5.74, 6) is -0.0326. The third-order valence-corrected chi connectivity index (χ3v) is 4.34. The molecule has 1 aliphatic rings. The second kappa shape index (κ2) is 7.67. The van der Waals surface area contributed by atoms with E-state index >= 15 is 0 Å². The average Bonchev–Trinajstić information content (AvgIpc) is 3.09. The van der Waals surface area contributed by atoms with Crippen LogP contribution in [-0.2, 0) is 6.42 Å². The molecule has 2 heterocycles. The van der Waals surface area contributed by atoms with E-state index in [1.165, 1.54) is 5.56 Å². The average molecular weight is 339 g/mol. The molecule has 1 atom stereocenters. The highest BCUT2D eigenvalue weighted by Crippen LogP contribution is 2.24. The lowest BCUT2D eigenvalue weighted by Gasteiger charge is -2.36. The molecule has 1 N–H and O–H groups in total. The van der Waals surface area contributed by atoms with Gasteiger partial charge >= 0.3 is 0 Å². The van der Waals surface area contributed by atoms with Gasteiger partial charge in [0.2, 0.25) is 0 Å². The number of nitrogens with zero attached hydrogens (tertiary/aromatic N) is 3. The third kappa shape index (κ3) is 3.45. The maximum atomic E-state index is 12.6. The molecule has 118 valence electrons. The Morgan fingerprint density at radius 2 is 2.18 bits per heavy atom. The minimum absolute atomic E-state index is 0. The highest BCUT2D eigenvalue weighted by atomic mass is 35.5. The molecular formula is C15H19ClN4OS. The Hall–Kier alpha value is -1.50. The Morgan fingerprint density at radius 3 is 2.82 bits per heavy atom. The molecule has 1 fully saturated rings. The van der Waals surface area contributed by atoms with Crippen molar-refractivity contribution in [1.29, 1.82) is 0 Å². The van der Waals surface area contributed by atoms with Crippen LogP contribution in [0.25, 0.3) is 0 Å². The van der Waals surface area contributed by atoms with Gasteiger partial charge in [0.15, 0.2) is 5.69 Å². The number of aromatic nitrogens is 2. The smallest absolute Gasteiger partial charge is 0.275 e. The second-order valence-electron chi connectivity index (χ2n) is 5.11. The van der Waals surface area contributed by atoms with Crippen LogP contribution >= 0.6 is 24.1 Å². The Kier molecular flexibility index (Phi) is 5.88. The third-order valence-electron chi connectivity index (χ3n) is 3.86. The molecular weight excluding hydrogens is 320 g/mol. The number of benzene rings is 1. The van der Waals surface area contributed by atoms with Crippen molar-refractivity contribution in [3.63, 3.8) is 0 Å². The van der Waals surface area contributed by atoms with E-state index in [4.69, 9.17) is 0 Å². The molecule has 5 nitrogen and oxygen atoms in total. The number of hydrogen-bond acceptors (Lipinski definition) is 5. The van der Waals surface area contributed by atoms with Gasteiger partial charge < -0.3 is 10.2 Å². The van der Waals surface area contributed by atoms with Gasteiger partial charge in [-0.2, -0.15) is 8.75 Å². The van der Waals surface area contributed by atoms with Crippen molar-refractivity contribution in [2.45, 2.75) is 19.4 Å². The molecule has 0 radical (unpaired) electrons. The van der Waals surface area contributed by atoms with Crippen LogP contribution in [0.15, 0.2) is 30.5 Å². The number of aryl methyl sites for hydroxylation is 1. The Bertz CT molecular complexity index is 603.